The molecule has 0 aromatic heterocycles. The SMILES string of the molecule is O[C@H]1Cc2ccccc2[C@H]1N1CCCC1. The molecule has 0 unspecified atom stereocenters. The van der Waals surface area contributed by atoms with E-state index in [9.17, 15) is 5.11 Å². The predicted octanol–water partition coefficient (Wildman–Crippen LogP) is 1.74. The average molecular weight is 203 g/mol. The molecule has 1 N–H and O–H groups in total. The van der Waals surface area contributed by atoms with Crippen LogP contribution in [-0.2, 0) is 6.42 Å². The third kappa shape index (κ3) is 1.48. The van der Waals surface area contributed by atoms with Gasteiger partial charge in [0.05, 0.1) is 12.1 Å². The Bertz CT molecular complexity index is 357. The van der Waals surface area contributed by atoms with Crippen LogP contribution in [0, 0.1) is 0 Å². The number of aliphatic hydroxyl groups excluding tert-OH is 1. The first-order valence-electron chi connectivity index (χ1n) is 5.86. The zero-order valence-electron chi connectivity index (χ0n) is 8.89. The fraction of sp³-hybridized carbons (Fsp3) is 0.538. The molecule has 1 fully saturated rings. The van der Waals surface area contributed by atoms with Crippen LogP contribution in [0.4, 0.5) is 0 Å². The molecule has 0 saturated carbocycles. The van der Waals surface area contributed by atoms with Crippen molar-refractivity contribution >= 4 is 0 Å². The smallest absolute Gasteiger partial charge is 0.0777 e. The summed E-state index contributed by atoms with van der Waals surface area (Å²) in [5.74, 6) is 0. The fourth-order valence-corrected chi connectivity index (χ4v) is 3.01. The van der Waals surface area contributed by atoms with Gasteiger partial charge < -0.3 is 5.11 Å². The maximum atomic E-state index is 10.1. The zero-order valence-corrected chi connectivity index (χ0v) is 8.89. The third-order valence-corrected chi connectivity index (χ3v) is 3.70. The van der Waals surface area contributed by atoms with E-state index in [-0.39, 0.29) is 12.1 Å². The van der Waals surface area contributed by atoms with E-state index in [2.05, 4.69) is 29.2 Å². The van der Waals surface area contributed by atoms with Crippen LogP contribution in [0.1, 0.15) is 30.0 Å². The van der Waals surface area contributed by atoms with Crippen LogP contribution in [0.3, 0.4) is 0 Å². The maximum absolute atomic E-state index is 10.1. The summed E-state index contributed by atoms with van der Waals surface area (Å²) in [6, 6.07) is 8.74. The van der Waals surface area contributed by atoms with Gasteiger partial charge in [-0.25, -0.2) is 0 Å². The largest absolute Gasteiger partial charge is 0.391 e. The summed E-state index contributed by atoms with van der Waals surface area (Å²) >= 11 is 0. The lowest BCUT2D eigenvalue weighted by Gasteiger charge is -2.27. The van der Waals surface area contributed by atoms with Crippen molar-refractivity contribution in [2.75, 3.05) is 13.1 Å². The van der Waals surface area contributed by atoms with Crippen LogP contribution < -0.4 is 0 Å². The lowest BCUT2D eigenvalue weighted by Crippen LogP contribution is -2.31. The summed E-state index contributed by atoms with van der Waals surface area (Å²) in [5.41, 5.74) is 2.69. The number of likely N-dealkylation sites (tertiary alicyclic amines) is 1. The summed E-state index contributed by atoms with van der Waals surface area (Å²) in [7, 11) is 0. The van der Waals surface area contributed by atoms with Gasteiger partial charge in [-0.3, -0.25) is 4.90 Å². The van der Waals surface area contributed by atoms with Gasteiger partial charge in [0.2, 0.25) is 0 Å². The number of hydrogen-bond donors (Lipinski definition) is 1. The topological polar surface area (TPSA) is 23.5 Å². The normalized spacial score (nSPS) is 30.7. The molecule has 3 rings (SSSR count). The van der Waals surface area contributed by atoms with E-state index >= 15 is 0 Å². The van der Waals surface area contributed by atoms with Crippen LogP contribution in [0.2, 0.25) is 0 Å². The van der Waals surface area contributed by atoms with Crippen molar-refractivity contribution in [2.24, 2.45) is 0 Å². The molecule has 1 aliphatic carbocycles. The highest BCUT2D eigenvalue weighted by atomic mass is 16.3. The Morgan fingerprint density at radius 2 is 1.87 bits per heavy atom. The Hall–Kier alpha value is -0.860. The molecule has 15 heavy (non-hydrogen) atoms. The van der Waals surface area contributed by atoms with Crippen molar-refractivity contribution in [3.63, 3.8) is 0 Å². The minimum absolute atomic E-state index is 0.194. The van der Waals surface area contributed by atoms with Gasteiger partial charge >= 0.3 is 0 Å². The Morgan fingerprint density at radius 3 is 2.67 bits per heavy atom. The van der Waals surface area contributed by atoms with E-state index in [4.69, 9.17) is 0 Å². The summed E-state index contributed by atoms with van der Waals surface area (Å²) in [4.78, 5) is 2.44. The molecule has 1 aliphatic heterocycles. The van der Waals surface area contributed by atoms with E-state index in [0.29, 0.717) is 0 Å². The second-order valence-corrected chi connectivity index (χ2v) is 4.66. The first-order chi connectivity index (χ1) is 7.36. The Kier molecular flexibility index (Phi) is 2.26. The lowest BCUT2D eigenvalue weighted by atomic mass is 10.1. The minimum atomic E-state index is -0.194. The van der Waals surface area contributed by atoms with Gasteiger partial charge in [0.15, 0.2) is 0 Å². The molecule has 1 saturated heterocycles. The number of nitrogens with zero attached hydrogens (tertiary/aromatic N) is 1. The quantitative estimate of drug-likeness (QED) is 0.751. The first kappa shape index (κ1) is 9.37. The highest BCUT2D eigenvalue weighted by Gasteiger charge is 2.35. The molecule has 0 radical (unpaired) electrons. The van der Waals surface area contributed by atoms with Crippen LogP contribution in [-0.4, -0.2) is 29.2 Å². The van der Waals surface area contributed by atoms with Crippen LogP contribution in [0.5, 0.6) is 0 Å². The Morgan fingerprint density at radius 1 is 1.13 bits per heavy atom. The second kappa shape index (κ2) is 3.62. The molecule has 0 spiro atoms. The second-order valence-electron chi connectivity index (χ2n) is 4.66. The molecule has 0 bridgehead atoms. The van der Waals surface area contributed by atoms with Gasteiger partial charge in [0.25, 0.3) is 0 Å². The Balaban J connectivity index is 1.94. The molecule has 2 heteroatoms. The van der Waals surface area contributed by atoms with Gasteiger partial charge in [0.1, 0.15) is 0 Å². The van der Waals surface area contributed by atoms with E-state index in [1.807, 2.05) is 0 Å². The van der Waals surface area contributed by atoms with Crippen molar-refractivity contribution in [3.05, 3.63) is 35.4 Å². The third-order valence-electron chi connectivity index (χ3n) is 3.70. The number of aliphatic hydroxyl groups is 1. The van der Waals surface area contributed by atoms with Gasteiger partial charge in [-0.15, -0.1) is 0 Å². The number of hydrogen-bond acceptors (Lipinski definition) is 2. The van der Waals surface area contributed by atoms with Gasteiger partial charge in [-0.2, -0.15) is 0 Å². The predicted molar refractivity (Wildman–Crippen MR) is 59.7 cm³/mol. The van der Waals surface area contributed by atoms with Crippen LogP contribution in [0.25, 0.3) is 0 Å². The molecule has 1 aromatic carbocycles. The molecular formula is C13H17NO. The highest BCUT2D eigenvalue weighted by Crippen LogP contribution is 2.37. The average Bonchev–Trinajstić information content (AvgIpc) is 2.82. The molecule has 2 aliphatic rings. The fourth-order valence-electron chi connectivity index (χ4n) is 3.01. The summed E-state index contributed by atoms with van der Waals surface area (Å²) in [5, 5.41) is 10.1. The summed E-state index contributed by atoms with van der Waals surface area (Å²) < 4.78 is 0. The van der Waals surface area contributed by atoms with Crippen LogP contribution >= 0.6 is 0 Å². The monoisotopic (exact) mass is 203 g/mol. The Labute approximate surface area is 90.5 Å². The zero-order chi connectivity index (χ0) is 10.3. The van der Waals surface area contributed by atoms with Gasteiger partial charge in [-0.1, -0.05) is 24.3 Å². The molecule has 1 heterocycles. The molecule has 2 atom stereocenters. The van der Waals surface area contributed by atoms with Crippen molar-refractivity contribution in [1.29, 1.82) is 0 Å². The maximum Gasteiger partial charge on any atom is 0.0777 e. The summed E-state index contributed by atoms with van der Waals surface area (Å²) in [6.07, 6.45) is 3.20. The number of benzene rings is 1. The summed E-state index contributed by atoms with van der Waals surface area (Å²) in [6.45, 7) is 2.30. The van der Waals surface area contributed by atoms with E-state index in [1.54, 1.807) is 0 Å². The van der Waals surface area contributed by atoms with E-state index in [1.165, 1.54) is 24.0 Å². The van der Waals surface area contributed by atoms with Gasteiger partial charge in [-0.05, 0) is 37.1 Å². The number of fused-ring (bicyclic) bond motifs is 1. The molecule has 1 aromatic rings. The molecule has 2 nitrogen and oxygen atoms in total. The number of rotatable bonds is 1. The van der Waals surface area contributed by atoms with Crippen molar-refractivity contribution < 1.29 is 5.11 Å². The van der Waals surface area contributed by atoms with Gasteiger partial charge in [0, 0.05) is 6.42 Å². The highest BCUT2D eigenvalue weighted by molar-refractivity contribution is 5.36. The van der Waals surface area contributed by atoms with Crippen LogP contribution in [0.15, 0.2) is 24.3 Å². The van der Waals surface area contributed by atoms with Crippen molar-refractivity contribution in [1.82, 2.24) is 4.90 Å². The molecular weight excluding hydrogens is 186 g/mol. The van der Waals surface area contributed by atoms with Crippen molar-refractivity contribution in [2.45, 2.75) is 31.4 Å². The molecule has 80 valence electrons. The first-order valence-corrected chi connectivity index (χ1v) is 5.86. The van der Waals surface area contributed by atoms with Crippen molar-refractivity contribution in [3.8, 4) is 0 Å². The minimum Gasteiger partial charge on any atom is -0.391 e. The van der Waals surface area contributed by atoms with E-state index in [0.717, 1.165) is 19.5 Å². The lowest BCUT2D eigenvalue weighted by molar-refractivity contribution is 0.0753. The molecule has 0 amide bonds. The van der Waals surface area contributed by atoms with E-state index < -0.39 is 0 Å². The standard InChI is InChI=1S/C13H17NO/c15-12-9-10-5-1-2-6-11(10)13(12)14-7-3-4-8-14/h1-2,5-6,12-13,15H,3-4,7-9H2/t12-,13+/m0/s1.